The van der Waals surface area contributed by atoms with Crippen LogP contribution in [0.3, 0.4) is 0 Å². The summed E-state index contributed by atoms with van der Waals surface area (Å²) in [6.07, 6.45) is 0. The third kappa shape index (κ3) is 3.34. The fourth-order valence-corrected chi connectivity index (χ4v) is 3.30. The summed E-state index contributed by atoms with van der Waals surface area (Å²) in [6.45, 7) is 3.38. The van der Waals surface area contributed by atoms with Gasteiger partial charge in [-0.25, -0.2) is 13.8 Å². The van der Waals surface area contributed by atoms with Gasteiger partial charge in [-0.2, -0.15) is 5.10 Å². The molecular formula is C21H17F2N5O2. The first-order chi connectivity index (χ1) is 14.2. The van der Waals surface area contributed by atoms with Crippen LogP contribution >= 0.6 is 0 Å². The number of carbonyl (C=O) groups excluding carboxylic acids is 2. The van der Waals surface area contributed by atoms with Crippen LogP contribution in [0.25, 0.3) is 22.4 Å². The standard InChI is InChI=1S/C21H17F2N5O2/c1-10-18(11(2)28(3)27-10)19(29)21(30)24-13-5-7-16-17(9-13)26-20(25-16)14-8-12(22)4-6-15(14)23/h4-9H,1-3H3,(H,24,30)(H,25,26). The molecule has 0 saturated carbocycles. The molecule has 2 N–H and O–H groups in total. The molecule has 0 saturated heterocycles. The minimum absolute atomic E-state index is 0.00510. The highest BCUT2D eigenvalue weighted by Crippen LogP contribution is 2.25. The van der Waals surface area contributed by atoms with E-state index in [2.05, 4.69) is 20.4 Å². The number of H-pyrrole nitrogens is 1. The van der Waals surface area contributed by atoms with Crippen LogP contribution in [0.5, 0.6) is 0 Å². The maximum Gasteiger partial charge on any atom is 0.296 e. The second-order valence-electron chi connectivity index (χ2n) is 6.89. The van der Waals surface area contributed by atoms with Gasteiger partial charge >= 0.3 is 0 Å². The van der Waals surface area contributed by atoms with Gasteiger partial charge in [0.15, 0.2) is 0 Å². The van der Waals surface area contributed by atoms with Crippen molar-refractivity contribution in [2.45, 2.75) is 13.8 Å². The van der Waals surface area contributed by atoms with Crippen molar-refractivity contribution in [3.05, 3.63) is 65.0 Å². The molecule has 0 fully saturated rings. The van der Waals surface area contributed by atoms with E-state index >= 15 is 0 Å². The monoisotopic (exact) mass is 409 g/mol. The molecule has 4 rings (SSSR count). The van der Waals surface area contributed by atoms with E-state index in [1.807, 2.05) is 0 Å². The van der Waals surface area contributed by atoms with E-state index in [4.69, 9.17) is 0 Å². The van der Waals surface area contributed by atoms with Gasteiger partial charge in [-0.15, -0.1) is 0 Å². The Balaban J connectivity index is 1.62. The van der Waals surface area contributed by atoms with Crippen LogP contribution in [0.1, 0.15) is 21.7 Å². The molecule has 2 aromatic carbocycles. The highest BCUT2D eigenvalue weighted by Gasteiger charge is 2.24. The van der Waals surface area contributed by atoms with E-state index in [1.165, 1.54) is 0 Å². The zero-order chi connectivity index (χ0) is 21.6. The van der Waals surface area contributed by atoms with Crippen LogP contribution in [0.4, 0.5) is 14.5 Å². The lowest BCUT2D eigenvalue weighted by molar-refractivity contribution is -0.112. The van der Waals surface area contributed by atoms with Crippen LogP contribution < -0.4 is 5.32 Å². The van der Waals surface area contributed by atoms with Crippen LogP contribution in [0, 0.1) is 25.5 Å². The van der Waals surface area contributed by atoms with Gasteiger partial charge in [0.1, 0.15) is 17.5 Å². The lowest BCUT2D eigenvalue weighted by Gasteiger charge is -2.05. The van der Waals surface area contributed by atoms with Crippen molar-refractivity contribution >= 4 is 28.4 Å². The number of carbonyl (C=O) groups is 2. The number of aromatic amines is 1. The average Bonchev–Trinajstić information content (AvgIpc) is 3.23. The van der Waals surface area contributed by atoms with Crippen molar-refractivity contribution in [3.63, 3.8) is 0 Å². The van der Waals surface area contributed by atoms with Crippen LogP contribution in [-0.4, -0.2) is 31.4 Å². The predicted molar refractivity (Wildman–Crippen MR) is 107 cm³/mol. The summed E-state index contributed by atoms with van der Waals surface area (Å²) in [4.78, 5) is 32.2. The zero-order valence-electron chi connectivity index (χ0n) is 16.4. The van der Waals surface area contributed by atoms with Gasteiger partial charge in [-0.05, 0) is 50.2 Å². The quantitative estimate of drug-likeness (QED) is 0.397. The number of aryl methyl sites for hydroxylation is 2. The van der Waals surface area contributed by atoms with Gasteiger partial charge in [-0.1, -0.05) is 0 Å². The summed E-state index contributed by atoms with van der Waals surface area (Å²) in [7, 11) is 1.70. The number of benzene rings is 2. The zero-order valence-corrected chi connectivity index (χ0v) is 16.4. The second kappa shape index (κ2) is 7.18. The van der Waals surface area contributed by atoms with E-state index in [9.17, 15) is 18.4 Å². The number of aromatic nitrogens is 4. The Morgan fingerprint density at radius 3 is 2.57 bits per heavy atom. The Morgan fingerprint density at radius 2 is 1.87 bits per heavy atom. The molecule has 0 aliphatic rings. The molecule has 2 aromatic heterocycles. The van der Waals surface area contributed by atoms with E-state index in [-0.39, 0.29) is 17.0 Å². The number of hydrogen-bond donors (Lipinski definition) is 2. The third-order valence-electron chi connectivity index (χ3n) is 4.87. The number of nitrogens with one attached hydrogen (secondary N) is 2. The minimum atomic E-state index is -0.801. The number of rotatable bonds is 4. The Labute approximate surface area is 169 Å². The highest BCUT2D eigenvalue weighted by molar-refractivity contribution is 6.47. The van der Waals surface area contributed by atoms with Gasteiger partial charge < -0.3 is 10.3 Å². The molecule has 2 heterocycles. The Bertz CT molecular complexity index is 1320. The number of ketones is 1. The molecule has 0 radical (unpaired) electrons. The van der Waals surface area contributed by atoms with Crippen molar-refractivity contribution in [1.82, 2.24) is 19.7 Å². The predicted octanol–water partition coefficient (Wildman–Crippen LogP) is 3.68. The van der Waals surface area contributed by atoms with E-state index in [0.29, 0.717) is 28.1 Å². The topological polar surface area (TPSA) is 92.7 Å². The third-order valence-corrected chi connectivity index (χ3v) is 4.87. The summed E-state index contributed by atoms with van der Waals surface area (Å²) >= 11 is 0. The summed E-state index contributed by atoms with van der Waals surface area (Å²) in [5, 5.41) is 6.71. The molecule has 30 heavy (non-hydrogen) atoms. The minimum Gasteiger partial charge on any atom is -0.338 e. The maximum absolute atomic E-state index is 14.0. The first-order valence-corrected chi connectivity index (χ1v) is 9.05. The summed E-state index contributed by atoms with van der Waals surface area (Å²) in [5.74, 6) is -2.53. The molecule has 1 amide bonds. The van der Waals surface area contributed by atoms with Crippen molar-refractivity contribution in [2.24, 2.45) is 7.05 Å². The van der Waals surface area contributed by atoms with Gasteiger partial charge in [-0.3, -0.25) is 14.3 Å². The first kappa shape index (κ1) is 19.4. The molecular weight excluding hydrogens is 392 g/mol. The fraction of sp³-hybridized carbons (Fsp3) is 0.143. The van der Waals surface area contributed by atoms with Crippen molar-refractivity contribution in [2.75, 3.05) is 5.32 Å². The molecule has 9 heteroatoms. The van der Waals surface area contributed by atoms with Crippen LogP contribution in [0.2, 0.25) is 0 Å². The number of nitrogens with zero attached hydrogens (tertiary/aromatic N) is 3. The number of amides is 1. The van der Waals surface area contributed by atoms with E-state index in [1.54, 1.807) is 43.8 Å². The Kier molecular flexibility index (Phi) is 4.65. The Hall–Kier alpha value is -3.88. The number of halogens is 2. The molecule has 0 aliphatic carbocycles. The average molecular weight is 409 g/mol. The largest absolute Gasteiger partial charge is 0.338 e. The molecule has 0 spiro atoms. The normalized spacial score (nSPS) is 11.1. The van der Waals surface area contributed by atoms with E-state index < -0.39 is 23.3 Å². The van der Waals surface area contributed by atoms with Crippen molar-refractivity contribution in [3.8, 4) is 11.4 Å². The molecule has 0 atom stereocenters. The number of anilines is 1. The molecule has 0 aliphatic heterocycles. The number of hydrogen-bond acceptors (Lipinski definition) is 4. The molecule has 4 aromatic rings. The van der Waals surface area contributed by atoms with Crippen LogP contribution in [0.15, 0.2) is 36.4 Å². The molecule has 0 unspecified atom stereocenters. The number of fused-ring (bicyclic) bond motifs is 1. The summed E-state index contributed by atoms with van der Waals surface area (Å²) in [5.41, 5.74) is 2.68. The van der Waals surface area contributed by atoms with E-state index in [0.717, 1.165) is 18.2 Å². The molecule has 152 valence electrons. The smallest absolute Gasteiger partial charge is 0.296 e. The SMILES string of the molecule is Cc1nn(C)c(C)c1C(=O)C(=O)Nc1ccc2nc(-c3cc(F)ccc3F)[nH]c2c1. The Morgan fingerprint density at radius 1 is 1.10 bits per heavy atom. The van der Waals surface area contributed by atoms with Gasteiger partial charge in [0.05, 0.1) is 27.9 Å². The van der Waals surface area contributed by atoms with Gasteiger partial charge in [0.2, 0.25) is 0 Å². The summed E-state index contributed by atoms with van der Waals surface area (Å²) in [6, 6.07) is 7.84. The van der Waals surface area contributed by atoms with Crippen molar-refractivity contribution < 1.29 is 18.4 Å². The number of imidazole rings is 1. The highest BCUT2D eigenvalue weighted by atomic mass is 19.1. The van der Waals surface area contributed by atoms with Gasteiger partial charge in [0.25, 0.3) is 11.7 Å². The first-order valence-electron chi connectivity index (χ1n) is 9.05. The summed E-state index contributed by atoms with van der Waals surface area (Å²) < 4.78 is 29.0. The molecule has 7 nitrogen and oxygen atoms in total. The maximum atomic E-state index is 14.0. The lowest BCUT2D eigenvalue weighted by Crippen LogP contribution is -2.24. The van der Waals surface area contributed by atoms with Gasteiger partial charge in [0, 0.05) is 18.4 Å². The van der Waals surface area contributed by atoms with Crippen LogP contribution in [-0.2, 0) is 11.8 Å². The molecule has 0 bridgehead atoms. The number of Topliss-reactive ketones (excluding diaryl/α,β-unsaturated/α-hetero) is 1. The second-order valence-corrected chi connectivity index (χ2v) is 6.89. The van der Waals surface area contributed by atoms with Crippen molar-refractivity contribution in [1.29, 1.82) is 0 Å². The lowest BCUT2D eigenvalue weighted by atomic mass is 10.1. The fourth-order valence-electron chi connectivity index (χ4n) is 3.30.